The zero-order valence-electron chi connectivity index (χ0n) is 15.0. The first-order valence-electron chi connectivity index (χ1n) is 8.08. The third-order valence-electron chi connectivity index (χ3n) is 4.29. The Morgan fingerprint density at radius 1 is 0.821 bits per heavy atom. The molecule has 0 unspecified atom stereocenters. The molecule has 3 rings (SSSR count). The average Bonchev–Trinajstić information content (AvgIpc) is 2.70. The van der Waals surface area contributed by atoms with Crippen LogP contribution in [0.3, 0.4) is 0 Å². The van der Waals surface area contributed by atoms with Crippen molar-refractivity contribution in [1.29, 1.82) is 0 Å². The van der Waals surface area contributed by atoms with E-state index in [4.69, 9.17) is 4.74 Å². The molecular formula is C20H16O7S. The molecule has 0 saturated heterocycles. The van der Waals surface area contributed by atoms with E-state index in [0.29, 0.717) is 5.56 Å². The van der Waals surface area contributed by atoms with Gasteiger partial charge in [0.05, 0.1) is 25.3 Å². The summed E-state index contributed by atoms with van der Waals surface area (Å²) >= 11 is 0. The fourth-order valence-corrected chi connectivity index (χ4v) is 3.71. The quantitative estimate of drug-likeness (QED) is 0.529. The molecule has 0 aliphatic rings. The van der Waals surface area contributed by atoms with E-state index in [1.807, 2.05) is 24.3 Å². The van der Waals surface area contributed by atoms with Crippen LogP contribution in [-0.4, -0.2) is 39.1 Å². The number of carbonyl (C=O) groups is 2. The molecule has 1 N–H and O–H groups in total. The van der Waals surface area contributed by atoms with Crippen LogP contribution in [0, 0.1) is 0 Å². The molecule has 0 bridgehead atoms. The van der Waals surface area contributed by atoms with Crippen molar-refractivity contribution in [2.75, 3.05) is 14.2 Å². The summed E-state index contributed by atoms with van der Waals surface area (Å²) in [6.07, 6.45) is 0. The first-order chi connectivity index (χ1) is 13.3. The first-order valence-corrected chi connectivity index (χ1v) is 9.52. The minimum atomic E-state index is -4.77. The number of esters is 2. The Balaban J connectivity index is 2.45. The van der Waals surface area contributed by atoms with Crippen molar-refractivity contribution in [1.82, 2.24) is 0 Å². The van der Waals surface area contributed by atoms with Crippen LogP contribution in [0.25, 0.3) is 21.9 Å². The number of benzene rings is 3. The molecule has 28 heavy (non-hydrogen) atoms. The minimum Gasteiger partial charge on any atom is -0.465 e. The zero-order chi connectivity index (χ0) is 20.5. The van der Waals surface area contributed by atoms with Crippen LogP contribution in [0.15, 0.2) is 59.5 Å². The van der Waals surface area contributed by atoms with E-state index in [2.05, 4.69) is 4.74 Å². The molecule has 0 aliphatic heterocycles. The molecule has 8 heteroatoms. The second-order valence-corrected chi connectivity index (χ2v) is 7.27. The summed E-state index contributed by atoms with van der Waals surface area (Å²) in [5.74, 6) is -1.78. The molecule has 0 radical (unpaired) electrons. The molecule has 0 aliphatic carbocycles. The Hall–Kier alpha value is -3.23. The smallest absolute Gasteiger partial charge is 0.339 e. The molecule has 0 heterocycles. The molecule has 0 amide bonds. The monoisotopic (exact) mass is 400 g/mol. The van der Waals surface area contributed by atoms with E-state index in [9.17, 15) is 22.6 Å². The summed E-state index contributed by atoms with van der Waals surface area (Å²) in [4.78, 5) is 23.8. The Kier molecular flexibility index (Phi) is 5.17. The zero-order valence-corrected chi connectivity index (χ0v) is 15.8. The fraction of sp³-hybridized carbons (Fsp3) is 0.100. The summed E-state index contributed by atoms with van der Waals surface area (Å²) in [5.41, 5.74) is 0.241. The first kappa shape index (κ1) is 19.5. The highest BCUT2D eigenvalue weighted by Gasteiger charge is 2.27. The fourth-order valence-electron chi connectivity index (χ4n) is 3.02. The summed E-state index contributed by atoms with van der Waals surface area (Å²) in [5, 5.41) is 1.61. The lowest BCUT2D eigenvalue weighted by molar-refractivity contribution is 0.0595. The summed E-state index contributed by atoms with van der Waals surface area (Å²) in [6, 6.07) is 14.8. The molecule has 3 aromatic rings. The molecule has 0 aromatic heterocycles. The Morgan fingerprint density at radius 2 is 1.43 bits per heavy atom. The van der Waals surface area contributed by atoms with Gasteiger partial charge in [0.2, 0.25) is 0 Å². The molecule has 7 nitrogen and oxygen atoms in total. The lowest BCUT2D eigenvalue weighted by Crippen LogP contribution is -2.14. The lowest BCUT2D eigenvalue weighted by atomic mass is 9.93. The Labute approximate surface area is 161 Å². The average molecular weight is 400 g/mol. The molecule has 0 saturated carbocycles. The van der Waals surface area contributed by atoms with Crippen molar-refractivity contribution in [3.05, 3.63) is 65.7 Å². The van der Waals surface area contributed by atoms with Crippen LogP contribution < -0.4 is 0 Å². The van der Waals surface area contributed by atoms with Gasteiger partial charge >= 0.3 is 11.9 Å². The van der Waals surface area contributed by atoms with Crippen LogP contribution in [0.4, 0.5) is 0 Å². The van der Waals surface area contributed by atoms with Gasteiger partial charge in [-0.3, -0.25) is 4.55 Å². The number of carbonyl (C=O) groups excluding carboxylic acids is 2. The molecule has 3 aromatic carbocycles. The second kappa shape index (κ2) is 7.41. The molecule has 0 fully saturated rings. The normalized spacial score (nSPS) is 11.2. The van der Waals surface area contributed by atoms with Crippen molar-refractivity contribution in [2.45, 2.75) is 4.90 Å². The maximum absolute atomic E-state index is 12.4. The van der Waals surface area contributed by atoms with Crippen LogP contribution in [0.1, 0.15) is 20.7 Å². The summed E-state index contributed by atoms with van der Waals surface area (Å²) < 4.78 is 42.8. The predicted octanol–water partition coefficient (Wildman–Crippen LogP) is 3.33. The second-order valence-electron chi connectivity index (χ2n) is 5.88. The van der Waals surface area contributed by atoms with Gasteiger partial charge < -0.3 is 9.47 Å². The van der Waals surface area contributed by atoms with Crippen molar-refractivity contribution in [3.63, 3.8) is 0 Å². The Morgan fingerprint density at radius 3 is 2.07 bits per heavy atom. The van der Waals surface area contributed by atoms with Crippen LogP contribution >= 0.6 is 0 Å². The maximum Gasteiger partial charge on any atom is 0.339 e. The molecule has 0 spiro atoms. The van der Waals surface area contributed by atoms with Gasteiger partial charge in [0.1, 0.15) is 4.90 Å². The van der Waals surface area contributed by atoms with Crippen LogP contribution in [-0.2, 0) is 19.6 Å². The summed E-state index contributed by atoms with van der Waals surface area (Å²) in [7, 11) is -2.54. The highest BCUT2D eigenvalue weighted by molar-refractivity contribution is 7.86. The van der Waals surface area contributed by atoms with Gasteiger partial charge in [-0.05, 0) is 34.0 Å². The number of hydrogen-bond donors (Lipinski definition) is 1. The van der Waals surface area contributed by atoms with E-state index < -0.39 is 32.5 Å². The summed E-state index contributed by atoms with van der Waals surface area (Å²) in [6.45, 7) is 0. The van der Waals surface area contributed by atoms with E-state index in [-0.39, 0.29) is 11.1 Å². The lowest BCUT2D eigenvalue weighted by Gasteiger charge is -2.15. The standard InChI is InChI=1S/C20H16O7S/c1-26-19(21)16-10-17(20(22)27-2)18(28(23,24)25)11-15(16)14-9-5-7-12-6-3-4-8-13(12)14/h3-11H,1-2H3,(H,23,24,25). The molecule has 144 valence electrons. The van der Waals surface area contributed by atoms with Crippen molar-refractivity contribution >= 4 is 32.8 Å². The minimum absolute atomic E-state index is 0.0355. The van der Waals surface area contributed by atoms with Crippen molar-refractivity contribution in [2.24, 2.45) is 0 Å². The number of methoxy groups -OCH3 is 2. The van der Waals surface area contributed by atoms with Crippen molar-refractivity contribution in [3.8, 4) is 11.1 Å². The van der Waals surface area contributed by atoms with E-state index in [1.165, 1.54) is 7.11 Å². The van der Waals surface area contributed by atoms with E-state index in [1.54, 1.807) is 18.2 Å². The topological polar surface area (TPSA) is 107 Å². The molecule has 0 atom stereocenters. The number of hydrogen-bond acceptors (Lipinski definition) is 6. The number of ether oxygens (including phenoxy) is 2. The maximum atomic E-state index is 12.4. The predicted molar refractivity (Wildman–Crippen MR) is 102 cm³/mol. The van der Waals surface area contributed by atoms with Gasteiger partial charge in [0.25, 0.3) is 10.1 Å². The van der Waals surface area contributed by atoms with Gasteiger partial charge in [0.15, 0.2) is 0 Å². The van der Waals surface area contributed by atoms with Crippen LogP contribution in [0.5, 0.6) is 0 Å². The largest absolute Gasteiger partial charge is 0.465 e. The highest BCUT2D eigenvalue weighted by Crippen LogP contribution is 2.35. The van der Waals surface area contributed by atoms with E-state index in [0.717, 1.165) is 30.0 Å². The Bertz CT molecular complexity index is 1190. The van der Waals surface area contributed by atoms with Gasteiger partial charge in [-0.15, -0.1) is 0 Å². The third kappa shape index (κ3) is 3.47. The molecular weight excluding hydrogens is 384 g/mol. The van der Waals surface area contributed by atoms with Crippen LogP contribution in [0.2, 0.25) is 0 Å². The van der Waals surface area contributed by atoms with Gasteiger partial charge in [-0.2, -0.15) is 8.42 Å². The van der Waals surface area contributed by atoms with Gasteiger partial charge in [0, 0.05) is 0 Å². The van der Waals surface area contributed by atoms with Gasteiger partial charge in [-0.25, -0.2) is 9.59 Å². The highest BCUT2D eigenvalue weighted by atomic mass is 32.2. The van der Waals surface area contributed by atoms with Gasteiger partial charge in [-0.1, -0.05) is 42.5 Å². The third-order valence-corrected chi connectivity index (χ3v) is 5.18. The number of rotatable bonds is 4. The van der Waals surface area contributed by atoms with Crippen molar-refractivity contribution < 1.29 is 32.0 Å². The number of fused-ring (bicyclic) bond motifs is 1. The SMILES string of the molecule is COC(=O)c1cc(C(=O)OC)c(S(=O)(=O)O)cc1-c1cccc2ccccc12. The van der Waals surface area contributed by atoms with E-state index >= 15 is 0 Å².